The molecule has 0 aliphatic heterocycles. The molecule has 130 valence electrons. The van der Waals surface area contributed by atoms with Crippen molar-refractivity contribution < 1.29 is 9.53 Å². The summed E-state index contributed by atoms with van der Waals surface area (Å²) in [6.45, 7) is 0.473. The zero-order valence-electron chi connectivity index (χ0n) is 14.3. The van der Waals surface area contributed by atoms with Crippen molar-refractivity contribution in [3.05, 3.63) is 52.2 Å². The molecule has 1 N–H and O–H groups in total. The first-order chi connectivity index (χ1) is 12.0. The van der Waals surface area contributed by atoms with Gasteiger partial charge in [0.05, 0.1) is 18.1 Å². The number of aryl methyl sites for hydroxylation is 1. The molecule has 0 bridgehead atoms. The Hall–Kier alpha value is -3.16. The second-order valence-corrected chi connectivity index (χ2v) is 5.72. The van der Waals surface area contributed by atoms with Crippen LogP contribution in [-0.4, -0.2) is 51.3 Å². The van der Waals surface area contributed by atoms with Gasteiger partial charge in [0.1, 0.15) is 17.3 Å². The van der Waals surface area contributed by atoms with Crippen LogP contribution >= 0.6 is 0 Å². The maximum Gasteiger partial charge on any atom is 0.274 e. The molecule has 0 fully saturated rings. The highest BCUT2D eigenvalue weighted by atomic mass is 16.5. The van der Waals surface area contributed by atoms with Crippen molar-refractivity contribution in [3.63, 3.8) is 0 Å². The van der Waals surface area contributed by atoms with Crippen molar-refractivity contribution in [2.24, 2.45) is 7.05 Å². The van der Waals surface area contributed by atoms with Crippen LogP contribution in [0.1, 0.15) is 16.3 Å². The summed E-state index contributed by atoms with van der Waals surface area (Å²) in [4.78, 5) is 33.0. The molecule has 0 spiro atoms. The van der Waals surface area contributed by atoms with E-state index in [1.165, 1.54) is 19.2 Å². The molecule has 0 saturated carbocycles. The fraction of sp³-hybridized carbons (Fsp3) is 0.294. The molecule has 3 rings (SSSR count). The Morgan fingerprint density at radius 1 is 1.32 bits per heavy atom. The quantitative estimate of drug-likeness (QED) is 0.747. The molecule has 0 atom stereocenters. The van der Waals surface area contributed by atoms with Crippen molar-refractivity contribution in [2.45, 2.75) is 6.42 Å². The van der Waals surface area contributed by atoms with Crippen molar-refractivity contribution in [1.29, 1.82) is 0 Å². The van der Waals surface area contributed by atoms with Crippen molar-refractivity contribution in [2.75, 3.05) is 20.7 Å². The Morgan fingerprint density at radius 2 is 2.12 bits per heavy atom. The number of imidazole rings is 1. The molecule has 0 aliphatic carbocycles. The molecule has 0 saturated heterocycles. The number of rotatable bonds is 5. The number of methoxy groups -OCH3 is 1. The Bertz CT molecular complexity index is 976. The molecule has 8 nitrogen and oxygen atoms in total. The van der Waals surface area contributed by atoms with Gasteiger partial charge in [-0.3, -0.25) is 9.59 Å². The van der Waals surface area contributed by atoms with Gasteiger partial charge in [-0.2, -0.15) is 5.10 Å². The number of aromatic nitrogens is 4. The molecular formula is C17H19N5O3. The van der Waals surface area contributed by atoms with E-state index in [9.17, 15) is 9.59 Å². The summed E-state index contributed by atoms with van der Waals surface area (Å²) in [5.41, 5.74) is 1.73. The number of likely N-dealkylation sites (N-methyl/N-ethyl adjacent to an activating group) is 1. The minimum absolute atomic E-state index is 0.235. The minimum Gasteiger partial charge on any atom is -0.497 e. The summed E-state index contributed by atoms with van der Waals surface area (Å²) in [5, 5.41) is 3.98. The van der Waals surface area contributed by atoms with Crippen LogP contribution in [0.25, 0.3) is 11.0 Å². The summed E-state index contributed by atoms with van der Waals surface area (Å²) in [5.74, 6) is 1.31. The average Bonchev–Trinajstić information content (AvgIpc) is 3.03. The lowest BCUT2D eigenvalue weighted by Crippen LogP contribution is -2.32. The number of hydrogen-bond donors (Lipinski definition) is 1. The van der Waals surface area contributed by atoms with E-state index in [1.807, 2.05) is 18.2 Å². The maximum atomic E-state index is 12.4. The lowest BCUT2D eigenvalue weighted by Gasteiger charge is -2.15. The van der Waals surface area contributed by atoms with Gasteiger partial charge >= 0.3 is 0 Å². The number of carbonyl (C=O) groups excluding carboxylic acids is 1. The van der Waals surface area contributed by atoms with E-state index in [0.717, 1.165) is 27.3 Å². The third-order valence-corrected chi connectivity index (χ3v) is 3.95. The van der Waals surface area contributed by atoms with Gasteiger partial charge in [-0.15, -0.1) is 0 Å². The predicted octanol–water partition coefficient (Wildman–Crippen LogP) is 0.980. The van der Waals surface area contributed by atoms with Crippen LogP contribution in [0.5, 0.6) is 5.75 Å². The summed E-state index contributed by atoms with van der Waals surface area (Å²) in [7, 11) is 4.83. The molecular weight excluding hydrogens is 322 g/mol. The van der Waals surface area contributed by atoms with E-state index in [0.29, 0.717) is 13.0 Å². The van der Waals surface area contributed by atoms with Gasteiger partial charge in [-0.05, 0) is 18.2 Å². The van der Waals surface area contributed by atoms with Crippen molar-refractivity contribution >= 4 is 16.9 Å². The smallest absolute Gasteiger partial charge is 0.274 e. The van der Waals surface area contributed by atoms with E-state index < -0.39 is 0 Å². The molecule has 0 unspecified atom stereocenters. The number of H-pyrrole nitrogens is 1. The third kappa shape index (κ3) is 3.52. The number of carbonyl (C=O) groups is 1. The summed E-state index contributed by atoms with van der Waals surface area (Å²) in [6, 6.07) is 8.40. The first-order valence-corrected chi connectivity index (χ1v) is 7.80. The number of fused-ring (bicyclic) bond motifs is 1. The second kappa shape index (κ2) is 6.76. The monoisotopic (exact) mass is 341 g/mol. The molecule has 3 aromatic rings. The molecule has 0 radical (unpaired) electrons. The zero-order chi connectivity index (χ0) is 18.0. The van der Waals surface area contributed by atoms with Crippen LogP contribution in [0.15, 0.2) is 35.1 Å². The zero-order valence-corrected chi connectivity index (χ0v) is 14.3. The van der Waals surface area contributed by atoms with Crippen LogP contribution in [0.2, 0.25) is 0 Å². The molecule has 25 heavy (non-hydrogen) atoms. The van der Waals surface area contributed by atoms with Crippen molar-refractivity contribution in [3.8, 4) is 5.75 Å². The van der Waals surface area contributed by atoms with Crippen LogP contribution in [0.4, 0.5) is 0 Å². The number of ether oxygens (including phenoxy) is 1. The first-order valence-electron chi connectivity index (χ1n) is 7.80. The van der Waals surface area contributed by atoms with Crippen molar-refractivity contribution in [1.82, 2.24) is 24.6 Å². The van der Waals surface area contributed by atoms with Gasteiger partial charge in [0, 0.05) is 39.2 Å². The van der Waals surface area contributed by atoms with E-state index >= 15 is 0 Å². The summed E-state index contributed by atoms with van der Waals surface area (Å²) < 4.78 is 6.34. The van der Waals surface area contributed by atoms with Crippen LogP contribution in [0.3, 0.4) is 0 Å². The van der Waals surface area contributed by atoms with E-state index in [2.05, 4.69) is 15.1 Å². The Balaban J connectivity index is 1.68. The number of amides is 1. The molecule has 1 aromatic carbocycles. The van der Waals surface area contributed by atoms with Gasteiger partial charge in [0.25, 0.3) is 11.5 Å². The van der Waals surface area contributed by atoms with Gasteiger partial charge in [0.15, 0.2) is 0 Å². The third-order valence-electron chi connectivity index (χ3n) is 3.95. The van der Waals surface area contributed by atoms with Gasteiger partial charge in [-0.25, -0.2) is 9.67 Å². The Labute approximate surface area is 144 Å². The van der Waals surface area contributed by atoms with E-state index in [-0.39, 0.29) is 17.2 Å². The van der Waals surface area contributed by atoms with E-state index in [1.54, 1.807) is 19.1 Å². The van der Waals surface area contributed by atoms with Gasteiger partial charge < -0.3 is 14.6 Å². The summed E-state index contributed by atoms with van der Waals surface area (Å²) in [6.07, 6.45) is 0.574. The number of aromatic amines is 1. The highest BCUT2D eigenvalue weighted by molar-refractivity contribution is 5.91. The number of hydrogen-bond acceptors (Lipinski definition) is 5. The molecule has 0 aliphatic rings. The highest BCUT2D eigenvalue weighted by Crippen LogP contribution is 2.18. The standard InChI is InChI=1S/C17H19N5O3/c1-21(17(24)13-6-7-16(23)22(2)20-13)9-8-15-18-12-5-4-11(25-3)10-14(12)19-15/h4-7,10H,8-9H2,1-3H3,(H,18,19). The maximum absolute atomic E-state index is 12.4. The predicted molar refractivity (Wildman–Crippen MR) is 92.8 cm³/mol. The number of nitrogens with zero attached hydrogens (tertiary/aromatic N) is 4. The molecule has 8 heteroatoms. The van der Waals surface area contributed by atoms with Gasteiger partial charge in [-0.1, -0.05) is 0 Å². The number of nitrogens with one attached hydrogen (secondary N) is 1. The minimum atomic E-state index is -0.253. The topological polar surface area (TPSA) is 93.1 Å². The van der Waals surface area contributed by atoms with Crippen LogP contribution in [-0.2, 0) is 13.5 Å². The summed E-state index contributed by atoms with van der Waals surface area (Å²) >= 11 is 0. The molecule has 2 aromatic heterocycles. The fourth-order valence-corrected chi connectivity index (χ4v) is 2.47. The normalized spacial score (nSPS) is 10.8. The lowest BCUT2D eigenvalue weighted by molar-refractivity contribution is 0.0787. The second-order valence-electron chi connectivity index (χ2n) is 5.72. The fourth-order valence-electron chi connectivity index (χ4n) is 2.47. The SMILES string of the molecule is COc1ccc2nc(CCN(C)C(=O)c3ccc(=O)n(C)n3)[nH]c2c1. The number of benzene rings is 1. The molecule has 2 heterocycles. The Kier molecular flexibility index (Phi) is 4.51. The average molecular weight is 341 g/mol. The first kappa shape index (κ1) is 16.7. The van der Waals surface area contributed by atoms with Crippen LogP contribution in [0, 0.1) is 0 Å². The highest BCUT2D eigenvalue weighted by Gasteiger charge is 2.15. The van der Waals surface area contributed by atoms with Crippen LogP contribution < -0.4 is 10.3 Å². The molecule has 1 amide bonds. The lowest BCUT2D eigenvalue weighted by atomic mass is 10.3. The van der Waals surface area contributed by atoms with Gasteiger partial charge in [0.2, 0.25) is 0 Å². The largest absolute Gasteiger partial charge is 0.497 e. The van der Waals surface area contributed by atoms with E-state index in [4.69, 9.17) is 4.74 Å². The Morgan fingerprint density at radius 3 is 2.84 bits per heavy atom.